The highest BCUT2D eigenvalue weighted by Gasteiger charge is 2.29. The first-order valence-corrected chi connectivity index (χ1v) is 11.1. The monoisotopic (exact) mass is 409 g/mol. The summed E-state index contributed by atoms with van der Waals surface area (Å²) in [6.07, 6.45) is 2.36. The van der Waals surface area contributed by atoms with Gasteiger partial charge in [-0.05, 0) is 72.2 Å². The van der Waals surface area contributed by atoms with Crippen LogP contribution in [-0.4, -0.2) is 56.2 Å². The summed E-state index contributed by atoms with van der Waals surface area (Å²) < 4.78 is 16.9. The normalized spacial score (nSPS) is 19.1. The molecular weight excluding hydrogens is 382 g/mol. The van der Waals surface area contributed by atoms with Crippen molar-refractivity contribution in [3.63, 3.8) is 0 Å². The minimum absolute atomic E-state index is 0.644. The third-order valence-electron chi connectivity index (χ3n) is 6.38. The summed E-state index contributed by atoms with van der Waals surface area (Å²) in [5, 5.41) is 1.29. The van der Waals surface area contributed by atoms with Crippen LogP contribution in [0.1, 0.15) is 23.5 Å². The number of methoxy groups -OCH3 is 2. The van der Waals surface area contributed by atoms with Crippen molar-refractivity contribution in [3.8, 4) is 11.5 Å². The van der Waals surface area contributed by atoms with E-state index in [9.17, 15) is 0 Å². The van der Waals surface area contributed by atoms with Crippen LogP contribution in [-0.2, 0) is 6.42 Å². The SMILES string of the molecule is COc1cc2c(cc1OC)C(CCN1CCN(c3nsc4ccccc34)CC1)C2. The Hall–Kier alpha value is -2.31. The zero-order valence-electron chi connectivity index (χ0n) is 17.1. The zero-order valence-corrected chi connectivity index (χ0v) is 17.9. The van der Waals surface area contributed by atoms with Gasteiger partial charge in [0.1, 0.15) is 5.82 Å². The molecule has 0 N–H and O–H groups in total. The van der Waals surface area contributed by atoms with Gasteiger partial charge in [-0.1, -0.05) is 12.1 Å². The predicted molar refractivity (Wildman–Crippen MR) is 119 cm³/mol. The molecule has 1 saturated heterocycles. The average molecular weight is 410 g/mol. The summed E-state index contributed by atoms with van der Waals surface area (Å²) in [6.45, 7) is 5.48. The molecule has 5 rings (SSSR count). The summed E-state index contributed by atoms with van der Waals surface area (Å²) in [5.74, 6) is 3.50. The van der Waals surface area contributed by atoms with Gasteiger partial charge < -0.3 is 14.4 Å². The Balaban J connectivity index is 1.16. The van der Waals surface area contributed by atoms with Gasteiger partial charge in [0.15, 0.2) is 11.5 Å². The Morgan fingerprint density at radius 2 is 1.79 bits per heavy atom. The fourth-order valence-corrected chi connectivity index (χ4v) is 5.41. The number of anilines is 1. The number of aromatic nitrogens is 1. The Kier molecular flexibility index (Phi) is 5.06. The highest BCUT2D eigenvalue weighted by molar-refractivity contribution is 7.13. The molecule has 29 heavy (non-hydrogen) atoms. The Morgan fingerprint density at radius 1 is 1.03 bits per heavy atom. The van der Waals surface area contributed by atoms with Crippen LogP contribution >= 0.6 is 11.5 Å². The first-order valence-electron chi connectivity index (χ1n) is 10.3. The van der Waals surface area contributed by atoms with Crippen molar-refractivity contribution in [1.82, 2.24) is 9.27 Å². The molecule has 1 atom stereocenters. The van der Waals surface area contributed by atoms with E-state index in [4.69, 9.17) is 13.8 Å². The van der Waals surface area contributed by atoms with Gasteiger partial charge in [0.05, 0.1) is 18.9 Å². The summed E-state index contributed by atoms with van der Waals surface area (Å²) in [7, 11) is 3.41. The van der Waals surface area contributed by atoms with Crippen molar-refractivity contribution in [1.29, 1.82) is 0 Å². The number of hydrogen-bond donors (Lipinski definition) is 0. The van der Waals surface area contributed by atoms with E-state index in [0.717, 1.165) is 50.6 Å². The minimum Gasteiger partial charge on any atom is -0.493 e. The molecule has 3 aromatic rings. The van der Waals surface area contributed by atoms with Gasteiger partial charge in [0.2, 0.25) is 0 Å². The number of nitrogens with zero attached hydrogens (tertiary/aromatic N) is 3. The first-order chi connectivity index (χ1) is 14.3. The van der Waals surface area contributed by atoms with Crippen LogP contribution in [0.25, 0.3) is 10.1 Å². The molecule has 6 heteroatoms. The summed E-state index contributed by atoms with van der Waals surface area (Å²) in [6, 6.07) is 12.9. The van der Waals surface area contributed by atoms with Gasteiger partial charge >= 0.3 is 0 Å². The average Bonchev–Trinajstić information content (AvgIpc) is 3.19. The van der Waals surface area contributed by atoms with E-state index in [1.807, 2.05) is 0 Å². The van der Waals surface area contributed by atoms with E-state index in [-0.39, 0.29) is 0 Å². The van der Waals surface area contributed by atoms with Crippen molar-refractivity contribution in [2.45, 2.75) is 18.8 Å². The van der Waals surface area contributed by atoms with Crippen LogP contribution < -0.4 is 14.4 Å². The van der Waals surface area contributed by atoms with Crippen LogP contribution in [0.5, 0.6) is 11.5 Å². The number of fused-ring (bicyclic) bond motifs is 2. The molecule has 1 aliphatic heterocycles. The molecule has 152 valence electrons. The largest absolute Gasteiger partial charge is 0.493 e. The van der Waals surface area contributed by atoms with Crippen LogP contribution in [0.4, 0.5) is 5.82 Å². The van der Waals surface area contributed by atoms with Gasteiger partial charge in [0, 0.05) is 31.6 Å². The standard InChI is InChI=1S/C23H27N3O2S/c1-27-20-14-17-13-16(19(17)15-21(20)28-2)7-8-25-9-11-26(12-10-25)23-18-5-3-4-6-22(18)29-24-23/h3-6,14-16H,7-13H2,1-2H3. The van der Waals surface area contributed by atoms with Crippen molar-refractivity contribution >= 4 is 27.4 Å². The van der Waals surface area contributed by atoms with Crippen LogP contribution in [0, 0.1) is 0 Å². The Bertz CT molecular complexity index is 1010. The van der Waals surface area contributed by atoms with Gasteiger partial charge in [-0.2, -0.15) is 4.37 Å². The molecule has 1 aromatic heterocycles. The summed E-state index contributed by atoms with van der Waals surface area (Å²) in [5.41, 5.74) is 2.85. The fourth-order valence-electron chi connectivity index (χ4n) is 4.62. The molecule has 1 fully saturated rings. The highest BCUT2D eigenvalue weighted by Crippen LogP contribution is 2.43. The second-order valence-corrected chi connectivity index (χ2v) is 8.73. The minimum atomic E-state index is 0.644. The lowest BCUT2D eigenvalue weighted by Gasteiger charge is -2.37. The predicted octanol–water partition coefficient (Wildman–Crippen LogP) is 4.17. The van der Waals surface area contributed by atoms with E-state index >= 15 is 0 Å². The molecule has 2 aromatic carbocycles. The number of ether oxygens (including phenoxy) is 2. The van der Waals surface area contributed by atoms with Crippen LogP contribution in [0.15, 0.2) is 36.4 Å². The number of rotatable bonds is 6. The third-order valence-corrected chi connectivity index (χ3v) is 7.19. The van der Waals surface area contributed by atoms with E-state index in [1.54, 1.807) is 25.8 Å². The molecule has 0 spiro atoms. The molecule has 0 saturated carbocycles. The van der Waals surface area contributed by atoms with E-state index < -0.39 is 0 Å². The maximum Gasteiger partial charge on any atom is 0.161 e. The molecule has 0 amide bonds. The molecule has 5 nitrogen and oxygen atoms in total. The van der Waals surface area contributed by atoms with Crippen LogP contribution in [0.3, 0.4) is 0 Å². The number of benzene rings is 2. The third kappa shape index (κ3) is 3.45. The van der Waals surface area contributed by atoms with Crippen LogP contribution in [0.2, 0.25) is 0 Å². The summed E-state index contributed by atoms with van der Waals surface area (Å²) in [4.78, 5) is 5.05. The maximum atomic E-state index is 5.48. The molecular formula is C23H27N3O2S. The van der Waals surface area contributed by atoms with Crippen molar-refractivity contribution in [2.24, 2.45) is 0 Å². The quantitative estimate of drug-likeness (QED) is 0.611. The lowest BCUT2D eigenvalue weighted by molar-refractivity contribution is 0.244. The van der Waals surface area contributed by atoms with Gasteiger partial charge in [-0.3, -0.25) is 4.90 Å². The van der Waals surface area contributed by atoms with E-state index in [2.05, 4.69) is 46.2 Å². The first kappa shape index (κ1) is 18.7. The van der Waals surface area contributed by atoms with Crippen molar-refractivity contribution in [3.05, 3.63) is 47.5 Å². The molecule has 0 radical (unpaired) electrons. The lowest BCUT2D eigenvalue weighted by atomic mass is 9.75. The van der Waals surface area contributed by atoms with E-state index in [0.29, 0.717) is 5.92 Å². The fraction of sp³-hybridized carbons (Fsp3) is 0.435. The number of piperazine rings is 1. The summed E-state index contributed by atoms with van der Waals surface area (Å²) >= 11 is 1.61. The molecule has 0 bridgehead atoms. The Labute approximate surface area is 176 Å². The molecule has 2 heterocycles. The Morgan fingerprint density at radius 3 is 2.59 bits per heavy atom. The maximum absolute atomic E-state index is 5.48. The molecule has 1 aliphatic carbocycles. The van der Waals surface area contributed by atoms with E-state index in [1.165, 1.54) is 33.5 Å². The molecule has 2 aliphatic rings. The lowest BCUT2D eigenvalue weighted by Crippen LogP contribution is -2.47. The number of hydrogen-bond acceptors (Lipinski definition) is 6. The topological polar surface area (TPSA) is 37.8 Å². The van der Waals surface area contributed by atoms with Crippen molar-refractivity contribution < 1.29 is 9.47 Å². The zero-order chi connectivity index (χ0) is 19.8. The highest BCUT2D eigenvalue weighted by atomic mass is 32.1. The molecule has 1 unspecified atom stereocenters. The second kappa shape index (κ2) is 7.84. The smallest absolute Gasteiger partial charge is 0.161 e. The van der Waals surface area contributed by atoms with Gasteiger partial charge in [0.25, 0.3) is 0 Å². The van der Waals surface area contributed by atoms with Gasteiger partial charge in [-0.15, -0.1) is 0 Å². The van der Waals surface area contributed by atoms with Crippen molar-refractivity contribution in [2.75, 3.05) is 51.8 Å². The second-order valence-electron chi connectivity index (χ2n) is 7.93. The van der Waals surface area contributed by atoms with Gasteiger partial charge in [-0.25, -0.2) is 0 Å².